The van der Waals surface area contributed by atoms with Crippen LogP contribution in [-0.4, -0.2) is 23.6 Å². The zero-order chi connectivity index (χ0) is 15.2. The van der Waals surface area contributed by atoms with E-state index in [1.807, 2.05) is 32.0 Å². The number of ether oxygens (including phenoxy) is 1. The number of nitrogens with one attached hydrogen (secondary N) is 1. The fourth-order valence-electron chi connectivity index (χ4n) is 2.02. The van der Waals surface area contributed by atoms with Crippen molar-refractivity contribution in [3.8, 4) is 5.75 Å². The van der Waals surface area contributed by atoms with Gasteiger partial charge in [0, 0.05) is 18.5 Å². The molecule has 2 rings (SSSR count). The van der Waals surface area contributed by atoms with Crippen LogP contribution in [0.1, 0.15) is 31.2 Å². The fraction of sp³-hybridized carbons (Fsp3) is 0.375. The maximum absolute atomic E-state index is 6.03. The Balaban J connectivity index is 2.00. The fourth-order valence-corrected chi connectivity index (χ4v) is 2.21. The summed E-state index contributed by atoms with van der Waals surface area (Å²) >= 11 is 6.03. The van der Waals surface area contributed by atoms with Gasteiger partial charge in [-0.05, 0) is 18.1 Å². The van der Waals surface area contributed by atoms with Crippen molar-refractivity contribution in [3.05, 3.63) is 46.9 Å². The Hall–Kier alpha value is -1.81. The van der Waals surface area contributed by atoms with Crippen LogP contribution in [0.4, 0.5) is 5.82 Å². The van der Waals surface area contributed by atoms with Gasteiger partial charge < -0.3 is 10.1 Å². The van der Waals surface area contributed by atoms with Crippen molar-refractivity contribution in [2.45, 2.75) is 26.2 Å². The Kier molecular flexibility index (Phi) is 5.39. The van der Waals surface area contributed by atoms with Crippen molar-refractivity contribution in [2.75, 3.05) is 19.0 Å². The smallest absolute Gasteiger partial charge is 0.135 e. The Labute approximate surface area is 130 Å². The van der Waals surface area contributed by atoms with E-state index in [0.717, 1.165) is 35.9 Å². The molecule has 0 saturated heterocycles. The Morgan fingerprint density at radius 3 is 2.71 bits per heavy atom. The minimum absolute atomic E-state index is 0.249. The second-order valence-electron chi connectivity index (χ2n) is 5.08. The van der Waals surface area contributed by atoms with Crippen LogP contribution < -0.4 is 10.1 Å². The van der Waals surface area contributed by atoms with Crippen molar-refractivity contribution in [2.24, 2.45) is 0 Å². The largest absolute Gasteiger partial charge is 0.496 e. The highest BCUT2D eigenvalue weighted by atomic mass is 35.5. The van der Waals surface area contributed by atoms with Gasteiger partial charge in [0.05, 0.1) is 7.11 Å². The number of nitrogens with zero attached hydrogens (tertiary/aromatic N) is 2. The topological polar surface area (TPSA) is 47.0 Å². The molecule has 0 unspecified atom stereocenters. The third kappa shape index (κ3) is 4.33. The van der Waals surface area contributed by atoms with Gasteiger partial charge >= 0.3 is 0 Å². The van der Waals surface area contributed by atoms with Gasteiger partial charge in [-0.3, -0.25) is 0 Å². The number of hydrogen-bond acceptors (Lipinski definition) is 4. The number of aromatic nitrogens is 2. The number of anilines is 1. The molecule has 0 atom stereocenters. The summed E-state index contributed by atoms with van der Waals surface area (Å²) in [5.41, 5.74) is 1.16. The molecule has 0 fully saturated rings. The van der Waals surface area contributed by atoms with Crippen LogP contribution >= 0.6 is 11.6 Å². The summed E-state index contributed by atoms with van der Waals surface area (Å²) in [6.07, 6.45) is 0.850. The highest BCUT2D eigenvalue weighted by Gasteiger charge is 2.07. The van der Waals surface area contributed by atoms with E-state index in [1.165, 1.54) is 0 Å². The molecule has 0 radical (unpaired) electrons. The molecule has 112 valence electrons. The first kappa shape index (κ1) is 15.6. The van der Waals surface area contributed by atoms with Crippen LogP contribution in [0.5, 0.6) is 5.75 Å². The second-order valence-corrected chi connectivity index (χ2v) is 5.46. The van der Waals surface area contributed by atoms with E-state index < -0.39 is 0 Å². The third-order valence-electron chi connectivity index (χ3n) is 3.12. The van der Waals surface area contributed by atoms with Gasteiger partial charge in [0.1, 0.15) is 22.5 Å². The lowest BCUT2D eigenvalue weighted by atomic mass is 10.1. The molecular weight excluding hydrogens is 286 g/mol. The van der Waals surface area contributed by atoms with E-state index in [1.54, 1.807) is 13.2 Å². The molecule has 2 aromatic rings. The molecule has 5 heteroatoms. The lowest BCUT2D eigenvalue weighted by Gasteiger charge is -2.11. The van der Waals surface area contributed by atoms with Crippen molar-refractivity contribution >= 4 is 17.4 Å². The zero-order valence-corrected chi connectivity index (χ0v) is 13.3. The predicted octanol–water partition coefficient (Wildman–Crippen LogP) is 3.92. The highest BCUT2D eigenvalue weighted by Crippen LogP contribution is 2.19. The quantitative estimate of drug-likeness (QED) is 0.822. The van der Waals surface area contributed by atoms with Crippen molar-refractivity contribution in [1.82, 2.24) is 9.97 Å². The molecule has 0 aliphatic heterocycles. The van der Waals surface area contributed by atoms with Crippen LogP contribution in [0.15, 0.2) is 30.3 Å². The van der Waals surface area contributed by atoms with Gasteiger partial charge in [-0.25, -0.2) is 9.97 Å². The van der Waals surface area contributed by atoms with E-state index in [9.17, 15) is 0 Å². The first-order chi connectivity index (χ1) is 10.1. The summed E-state index contributed by atoms with van der Waals surface area (Å²) in [6.45, 7) is 4.85. The number of halogens is 1. The maximum atomic E-state index is 6.03. The van der Waals surface area contributed by atoms with Gasteiger partial charge in [-0.1, -0.05) is 43.6 Å². The SMILES string of the molecule is COc1ccccc1CCNc1cc(Cl)nc(C(C)C)n1. The van der Waals surface area contributed by atoms with Crippen LogP contribution in [0, 0.1) is 0 Å². The van der Waals surface area contributed by atoms with Gasteiger partial charge in [-0.15, -0.1) is 0 Å². The van der Waals surface area contributed by atoms with E-state index in [0.29, 0.717) is 5.15 Å². The van der Waals surface area contributed by atoms with E-state index in [-0.39, 0.29) is 5.92 Å². The van der Waals surface area contributed by atoms with Gasteiger partial charge in [-0.2, -0.15) is 0 Å². The minimum atomic E-state index is 0.249. The average molecular weight is 306 g/mol. The van der Waals surface area contributed by atoms with Crippen LogP contribution in [0.25, 0.3) is 0 Å². The third-order valence-corrected chi connectivity index (χ3v) is 3.32. The minimum Gasteiger partial charge on any atom is -0.496 e. The number of benzene rings is 1. The molecule has 0 aliphatic carbocycles. The standard InChI is InChI=1S/C16H20ClN3O/c1-11(2)16-19-14(17)10-15(20-16)18-9-8-12-6-4-5-7-13(12)21-3/h4-7,10-11H,8-9H2,1-3H3,(H,18,19,20). The normalized spacial score (nSPS) is 10.7. The molecule has 0 aliphatic rings. The van der Waals surface area contributed by atoms with Crippen LogP contribution in [-0.2, 0) is 6.42 Å². The molecule has 1 aromatic heterocycles. The van der Waals surface area contributed by atoms with Crippen molar-refractivity contribution in [1.29, 1.82) is 0 Å². The first-order valence-electron chi connectivity index (χ1n) is 7.00. The molecule has 0 saturated carbocycles. The monoisotopic (exact) mass is 305 g/mol. The Morgan fingerprint density at radius 2 is 2.00 bits per heavy atom. The average Bonchev–Trinajstić information content (AvgIpc) is 2.47. The first-order valence-corrected chi connectivity index (χ1v) is 7.38. The molecule has 0 bridgehead atoms. The maximum Gasteiger partial charge on any atom is 0.135 e. The van der Waals surface area contributed by atoms with Gasteiger partial charge in [0.25, 0.3) is 0 Å². The van der Waals surface area contributed by atoms with Crippen LogP contribution in [0.2, 0.25) is 5.15 Å². The Bertz CT molecular complexity index is 602. The summed E-state index contributed by atoms with van der Waals surface area (Å²) in [5, 5.41) is 3.76. The summed E-state index contributed by atoms with van der Waals surface area (Å²) in [6, 6.07) is 9.75. The van der Waals surface area contributed by atoms with Gasteiger partial charge in [0.2, 0.25) is 0 Å². The van der Waals surface area contributed by atoms with E-state index in [4.69, 9.17) is 16.3 Å². The number of methoxy groups -OCH3 is 1. The van der Waals surface area contributed by atoms with E-state index in [2.05, 4.69) is 21.4 Å². The lowest BCUT2D eigenvalue weighted by molar-refractivity contribution is 0.410. The molecule has 4 nitrogen and oxygen atoms in total. The Morgan fingerprint density at radius 1 is 1.24 bits per heavy atom. The summed E-state index contributed by atoms with van der Waals surface area (Å²) in [5.74, 6) is 2.66. The predicted molar refractivity (Wildman–Crippen MR) is 86.3 cm³/mol. The summed E-state index contributed by atoms with van der Waals surface area (Å²) < 4.78 is 5.34. The second kappa shape index (κ2) is 7.27. The molecule has 1 aromatic carbocycles. The summed E-state index contributed by atoms with van der Waals surface area (Å²) in [4.78, 5) is 8.69. The molecule has 0 spiro atoms. The van der Waals surface area contributed by atoms with Crippen LogP contribution in [0.3, 0.4) is 0 Å². The van der Waals surface area contributed by atoms with Gasteiger partial charge in [0.15, 0.2) is 0 Å². The van der Waals surface area contributed by atoms with Crippen molar-refractivity contribution in [3.63, 3.8) is 0 Å². The lowest BCUT2D eigenvalue weighted by Crippen LogP contribution is -2.09. The molecular formula is C16H20ClN3O. The highest BCUT2D eigenvalue weighted by molar-refractivity contribution is 6.29. The molecule has 1 N–H and O–H groups in total. The number of rotatable bonds is 6. The molecule has 1 heterocycles. The zero-order valence-electron chi connectivity index (χ0n) is 12.6. The summed E-state index contributed by atoms with van der Waals surface area (Å²) in [7, 11) is 1.69. The number of hydrogen-bond donors (Lipinski definition) is 1. The van der Waals surface area contributed by atoms with Crippen molar-refractivity contribution < 1.29 is 4.74 Å². The molecule has 21 heavy (non-hydrogen) atoms. The molecule has 0 amide bonds. The van der Waals surface area contributed by atoms with E-state index >= 15 is 0 Å². The number of para-hydroxylation sites is 1.